The summed E-state index contributed by atoms with van der Waals surface area (Å²) in [6.45, 7) is 2.36. The minimum atomic E-state index is -4.45. The lowest BCUT2D eigenvalue weighted by Gasteiger charge is -2.20. The molecule has 1 saturated carbocycles. The van der Waals surface area contributed by atoms with E-state index in [-0.39, 0.29) is 12.5 Å². The van der Waals surface area contributed by atoms with Gasteiger partial charge in [0.25, 0.3) is 0 Å². The maximum atomic E-state index is 13.2. The van der Waals surface area contributed by atoms with Crippen LogP contribution >= 0.6 is 11.3 Å². The zero-order valence-corrected chi connectivity index (χ0v) is 17.8. The molecule has 0 saturated heterocycles. The number of rotatable bonds is 4. The molecule has 1 unspecified atom stereocenters. The van der Waals surface area contributed by atoms with Crippen LogP contribution in [0.5, 0.6) is 0 Å². The van der Waals surface area contributed by atoms with E-state index in [1.807, 2.05) is 0 Å². The van der Waals surface area contributed by atoms with E-state index in [0.717, 1.165) is 48.0 Å². The highest BCUT2D eigenvalue weighted by molar-refractivity contribution is 7.19. The smallest absolute Gasteiger partial charge is 0.261 e. The summed E-state index contributed by atoms with van der Waals surface area (Å²) in [4.78, 5) is 11.7. The predicted octanol–water partition coefficient (Wildman–Crippen LogP) is 4.99. The second-order valence-electron chi connectivity index (χ2n) is 8.63. The van der Waals surface area contributed by atoms with E-state index in [2.05, 4.69) is 22.1 Å². The second kappa shape index (κ2) is 6.75. The molecule has 4 aromatic heterocycles. The van der Waals surface area contributed by atoms with Crippen LogP contribution in [-0.2, 0) is 25.6 Å². The van der Waals surface area contributed by atoms with Crippen LogP contribution in [0.1, 0.15) is 66.2 Å². The quantitative estimate of drug-likeness (QED) is 0.443. The summed E-state index contributed by atoms with van der Waals surface area (Å²) >= 11 is 1.73. The number of thiophene rings is 1. The standard InChI is InChI=1S/C21H21F3N6S/c1-2-11-3-6-13-15(7-11)31-20-18(13)19-26-17(28-30(19)10-25-20)9-29-14(12-4-5-12)8-16(27-29)21(22,23)24/h8,10-12H,2-7,9H2,1H3. The molecule has 0 aliphatic heterocycles. The maximum absolute atomic E-state index is 13.2. The Morgan fingerprint density at radius 2 is 2.03 bits per heavy atom. The molecular weight excluding hydrogens is 425 g/mol. The molecule has 0 bridgehead atoms. The number of aryl methyl sites for hydroxylation is 1. The Morgan fingerprint density at radius 1 is 1.19 bits per heavy atom. The number of alkyl halides is 3. The van der Waals surface area contributed by atoms with Crippen LogP contribution in [0.3, 0.4) is 0 Å². The van der Waals surface area contributed by atoms with Gasteiger partial charge in [-0.05, 0) is 49.7 Å². The molecule has 0 aromatic carbocycles. The van der Waals surface area contributed by atoms with Gasteiger partial charge in [0.15, 0.2) is 17.2 Å². The summed E-state index contributed by atoms with van der Waals surface area (Å²) in [5.41, 5.74) is 1.83. The van der Waals surface area contributed by atoms with Crippen molar-refractivity contribution >= 4 is 27.2 Å². The molecule has 0 spiro atoms. The molecule has 10 heteroatoms. The molecule has 31 heavy (non-hydrogen) atoms. The minimum absolute atomic E-state index is 0.120. The van der Waals surface area contributed by atoms with E-state index in [1.54, 1.807) is 22.2 Å². The fourth-order valence-corrected chi connectivity index (χ4v) is 5.94. The molecule has 0 radical (unpaired) electrons. The van der Waals surface area contributed by atoms with Gasteiger partial charge in [-0.25, -0.2) is 14.5 Å². The molecule has 2 aliphatic rings. The van der Waals surface area contributed by atoms with Crippen LogP contribution in [0, 0.1) is 5.92 Å². The Kier molecular flexibility index (Phi) is 4.19. The Morgan fingerprint density at radius 3 is 2.77 bits per heavy atom. The van der Waals surface area contributed by atoms with Crippen molar-refractivity contribution in [3.63, 3.8) is 0 Å². The number of hydrogen-bond acceptors (Lipinski definition) is 5. The Bertz CT molecular complexity index is 1300. The third-order valence-electron chi connectivity index (χ3n) is 6.50. The first-order valence-electron chi connectivity index (χ1n) is 10.7. The van der Waals surface area contributed by atoms with Crippen molar-refractivity contribution in [3.05, 3.63) is 40.0 Å². The molecule has 4 aromatic rings. The average Bonchev–Trinajstić information content (AvgIpc) is 3.19. The third-order valence-corrected chi connectivity index (χ3v) is 7.66. The SMILES string of the molecule is CCC1CCc2c(sc3ncn4nc(Cn5nc(C(F)(F)F)cc5C5CC5)nc4c23)C1. The number of nitrogens with zero attached hydrogens (tertiary/aromatic N) is 6. The first kappa shape index (κ1) is 19.2. The molecule has 6 rings (SSSR count). The summed E-state index contributed by atoms with van der Waals surface area (Å²) in [6.07, 6.45) is 3.42. The lowest BCUT2D eigenvalue weighted by atomic mass is 9.86. The number of fused-ring (bicyclic) bond motifs is 5. The molecule has 4 heterocycles. The summed E-state index contributed by atoms with van der Waals surface area (Å²) in [5, 5.41) is 9.40. The summed E-state index contributed by atoms with van der Waals surface area (Å²) in [6, 6.07) is 1.17. The molecule has 0 amide bonds. The van der Waals surface area contributed by atoms with Gasteiger partial charge in [0, 0.05) is 16.5 Å². The van der Waals surface area contributed by atoms with E-state index < -0.39 is 11.9 Å². The largest absolute Gasteiger partial charge is 0.435 e. The van der Waals surface area contributed by atoms with Crippen molar-refractivity contribution in [2.24, 2.45) is 5.92 Å². The predicted molar refractivity (Wildman–Crippen MR) is 110 cm³/mol. The van der Waals surface area contributed by atoms with Gasteiger partial charge in [-0.15, -0.1) is 16.4 Å². The molecule has 1 atom stereocenters. The van der Waals surface area contributed by atoms with Gasteiger partial charge in [0.1, 0.15) is 17.7 Å². The molecule has 162 valence electrons. The van der Waals surface area contributed by atoms with E-state index in [0.29, 0.717) is 17.4 Å². The second-order valence-corrected chi connectivity index (χ2v) is 9.71. The first-order valence-corrected chi connectivity index (χ1v) is 11.5. The Balaban J connectivity index is 1.41. The summed E-state index contributed by atoms with van der Waals surface area (Å²) < 4.78 is 42.7. The maximum Gasteiger partial charge on any atom is 0.435 e. The molecule has 1 fully saturated rings. The first-order chi connectivity index (χ1) is 14.9. The number of aromatic nitrogens is 6. The van der Waals surface area contributed by atoms with Crippen molar-refractivity contribution in [2.75, 3.05) is 0 Å². The number of halogens is 3. The topological polar surface area (TPSA) is 60.9 Å². The van der Waals surface area contributed by atoms with Crippen LogP contribution in [0.25, 0.3) is 15.9 Å². The van der Waals surface area contributed by atoms with Crippen molar-refractivity contribution in [1.29, 1.82) is 0 Å². The van der Waals surface area contributed by atoms with E-state index in [4.69, 9.17) is 4.98 Å². The van der Waals surface area contributed by atoms with Crippen molar-refractivity contribution in [1.82, 2.24) is 29.4 Å². The zero-order chi connectivity index (χ0) is 21.3. The van der Waals surface area contributed by atoms with Crippen molar-refractivity contribution in [2.45, 2.75) is 64.1 Å². The van der Waals surface area contributed by atoms with Crippen LogP contribution < -0.4 is 0 Å². The highest BCUT2D eigenvalue weighted by Gasteiger charge is 2.38. The van der Waals surface area contributed by atoms with Gasteiger partial charge in [-0.2, -0.15) is 18.3 Å². The van der Waals surface area contributed by atoms with Gasteiger partial charge in [0.2, 0.25) is 0 Å². The molecular formula is C21H21F3N6S. The van der Waals surface area contributed by atoms with Gasteiger partial charge in [-0.1, -0.05) is 13.3 Å². The molecule has 6 nitrogen and oxygen atoms in total. The van der Waals surface area contributed by atoms with Crippen LogP contribution in [0.4, 0.5) is 13.2 Å². The van der Waals surface area contributed by atoms with E-state index in [1.165, 1.54) is 27.6 Å². The van der Waals surface area contributed by atoms with Gasteiger partial charge >= 0.3 is 6.18 Å². The summed E-state index contributed by atoms with van der Waals surface area (Å²) in [5.74, 6) is 1.31. The fraction of sp³-hybridized carbons (Fsp3) is 0.524. The monoisotopic (exact) mass is 446 g/mol. The lowest BCUT2D eigenvalue weighted by Crippen LogP contribution is -2.11. The van der Waals surface area contributed by atoms with Crippen LogP contribution in [0.15, 0.2) is 12.4 Å². The average molecular weight is 447 g/mol. The minimum Gasteiger partial charge on any atom is -0.261 e. The zero-order valence-electron chi connectivity index (χ0n) is 17.0. The van der Waals surface area contributed by atoms with Gasteiger partial charge in [0.05, 0.1) is 5.39 Å². The normalized spacial score (nSPS) is 19.4. The van der Waals surface area contributed by atoms with Gasteiger partial charge in [-0.3, -0.25) is 4.68 Å². The van der Waals surface area contributed by atoms with E-state index in [9.17, 15) is 13.2 Å². The molecule has 0 N–H and O–H groups in total. The Hall–Kier alpha value is -2.49. The third kappa shape index (κ3) is 3.22. The van der Waals surface area contributed by atoms with Crippen LogP contribution in [-0.4, -0.2) is 29.4 Å². The Labute approximate surface area is 180 Å². The van der Waals surface area contributed by atoms with Crippen molar-refractivity contribution in [3.8, 4) is 0 Å². The highest BCUT2D eigenvalue weighted by atomic mass is 32.1. The highest BCUT2D eigenvalue weighted by Crippen LogP contribution is 2.42. The lowest BCUT2D eigenvalue weighted by molar-refractivity contribution is -0.141. The van der Waals surface area contributed by atoms with Gasteiger partial charge < -0.3 is 0 Å². The summed E-state index contributed by atoms with van der Waals surface area (Å²) in [7, 11) is 0. The molecule has 2 aliphatic carbocycles. The van der Waals surface area contributed by atoms with Crippen LogP contribution in [0.2, 0.25) is 0 Å². The van der Waals surface area contributed by atoms with Crippen molar-refractivity contribution < 1.29 is 13.2 Å². The van der Waals surface area contributed by atoms with E-state index >= 15 is 0 Å². The fourth-order valence-electron chi connectivity index (χ4n) is 4.64. The number of hydrogen-bond donors (Lipinski definition) is 0.